The molecule has 1 aliphatic rings. The number of amides is 1. The summed E-state index contributed by atoms with van der Waals surface area (Å²) >= 11 is 0. The van der Waals surface area contributed by atoms with Crippen molar-refractivity contribution in [2.75, 3.05) is 20.8 Å². The van der Waals surface area contributed by atoms with Gasteiger partial charge in [-0.25, -0.2) is 9.78 Å². The normalized spacial score (nSPS) is 18.0. The standard InChI is InChI=1S/C32H45N3O5Si/c1-31(2,3)39-30(36)35-20-25(40-41(9,10)32(4,5)6)19-26(35)29-33-27(21-13-11-15-23(17-21)37-7)28(34-29)22-14-12-16-24(18-22)38-8/h11-18,25-26H,19-20H2,1-10H3,(H,33,34)/t25-,26+/m1/s1. The van der Waals surface area contributed by atoms with Crippen molar-refractivity contribution in [3.05, 3.63) is 54.4 Å². The van der Waals surface area contributed by atoms with Crippen LogP contribution in [0.25, 0.3) is 22.5 Å². The first-order valence-corrected chi connectivity index (χ1v) is 17.1. The highest BCUT2D eigenvalue weighted by molar-refractivity contribution is 6.74. The summed E-state index contributed by atoms with van der Waals surface area (Å²) in [6.45, 7) is 17.3. The van der Waals surface area contributed by atoms with Gasteiger partial charge in [0.2, 0.25) is 0 Å². The molecule has 41 heavy (non-hydrogen) atoms. The smallest absolute Gasteiger partial charge is 0.411 e. The molecule has 0 spiro atoms. The first-order valence-electron chi connectivity index (χ1n) is 14.2. The van der Waals surface area contributed by atoms with E-state index in [1.54, 1.807) is 19.1 Å². The summed E-state index contributed by atoms with van der Waals surface area (Å²) < 4.78 is 23.7. The van der Waals surface area contributed by atoms with Crippen molar-refractivity contribution in [2.24, 2.45) is 0 Å². The third-order valence-electron chi connectivity index (χ3n) is 7.90. The number of rotatable bonds is 7. The maximum atomic E-state index is 13.5. The minimum atomic E-state index is -2.08. The number of hydrogen-bond acceptors (Lipinski definition) is 6. The van der Waals surface area contributed by atoms with E-state index < -0.39 is 13.9 Å². The molecule has 0 bridgehead atoms. The molecule has 0 unspecified atom stereocenters. The number of nitrogens with zero attached hydrogens (tertiary/aromatic N) is 2. The second-order valence-electron chi connectivity index (χ2n) is 13.2. The first kappa shape index (κ1) is 30.7. The van der Waals surface area contributed by atoms with Gasteiger partial charge < -0.3 is 23.6 Å². The van der Waals surface area contributed by atoms with Crippen molar-refractivity contribution in [3.63, 3.8) is 0 Å². The quantitative estimate of drug-likeness (QED) is 0.287. The van der Waals surface area contributed by atoms with Crippen LogP contribution in [0.2, 0.25) is 18.1 Å². The molecule has 222 valence electrons. The van der Waals surface area contributed by atoms with E-state index in [0.29, 0.717) is 18.8 Å². The molecule has 1 saturated heterocycles. The number of benzene rings is 2. The van der Waals surface area contributed by atoms with Crippen LogP contribution in [0.4, 0.5) is 4.79 Å². The van der Waals surface area contributed by atoms with E-state index in [9.17, 15) is 4.79 Å². The molecule has 1 aromatic heterocycles. The Bertz CT molecular complexity index is 1310. The van der Waals surface area contributed by atoms with Gasteiger partial charge in [-0.3, -0.25) is 4.90 Å². The van der Waals surface area contributed by atoms with Gasteiger partial charge in [-0.05, 0) is 63.2 Å². The Kier molecular flexibility index (Phi) is 8.62. The molecule has 9 heteroatoms. The van der Waals surface area contributed by atoms with Crippen LogP contribution in [0.15, 0.2) is 48.5 Å². The number of aromatic amines is 1. The van der Waals surface area contributed by atoms with Crippen molar-refractivity contribution in [2.45, 2.75) is 83.8 Å². The zero-order valence-corrected chi connectivity index (χ0v) is 27.1. The molecule has 8 nitrogen and oxygen atoms in total. The molecule has 2 atom stereocenters. The predicted molar refractivity (Wildman–Crippen MR) is 165 cm³/mol. The molecule has 4 rings (SSSR count). The number of methoxy groups -OCH3 is 2. The molecule has 1 amide bonds. The van der Waals surface area contributed by atoms with Crippen LogP contribution in [0.1, 0.15) is 59.8 Å². The number of carbonyl (C=O) groups is 1. The lowest BCUT2D eigenvalue weighted by molar-refractivity contribution is 0.0203. The maximum absolute atomic E-state index is 13.5. The lowest BCUT2D eigenvalue weighted by Crippen LogP contribution is -2.45. The van der Waals surface area contributed by atoms with Gasteiger partial charge in [0.25, 0.3) is 0 Å². The van der Waals surface area contributed by atoms with E-state index in [1.807, 2.05) is 69.3 Å². The Morgan fingerprint density at radius 2 is 1.54 bits per heavy atom. The molecule has 2 aromatic carbocycles. The van der Waals surface area contributed by atoms with Crippen LogP contribution in [-0.2, 0) is 9.16 Å². The highest BCUT2D eigenvalue weighted by Gasteiger charge is 2.46. The molecule has 0 radical (unpaired) electrons. The largest absolute Gasteiger partial charge is 0.497 e. The van der Waals surface area contributed by atoms with Gasteiger partial charge in [-0.2, -0.15) is 0 Å². The number of hydrogen-bond donors (Lipinski definition) is 1. The van der Waals surface area contributed by atoms with Crippen LogP contribution in [-0.4, -0.2) is 61.7 Å². The van der Waals surface area contributed by atoms with Crippen LogP contribution >= 0.6 is 0 Å². The molecule has 0 aliphatic carbocycles. The van der Waals surface area contributed by atoms with Crippen LogP contribution in [0.3, 0.4) is 0 Å². The zero-order valence-electron chi connectivity index (χ0n) is 26.1. The van der Waals surface area contributed by atoms with Gasteiger partial charge in [0.05, 0.1) is 37.8 Å². The highest BCUT2D eigenvalue weighted by atomic mass is 28.4. The van der Waals surface area contributed by atoms with E-state index in [-0.39, 0.29) is 23.3 Å². The lowest BCUT2D eigenvalue weighted by atomic mass is 10.0. The molecule has 2 heterocycles. The van der Waals surface area contributed by atoms with E-state index in [4.69, 9.17) is 23.6 Å². The fraction of sp³-hybridized carbons (Fsp3) is 0.500. The number of carbonyl (C=O) groups excluding carboxylic acids is 1. The summed E-state index contributed by atoms with van der Waals surface area (Å²) in [5.41, 5.74) is 2.81. The number of H-pyrrole nitrogens is 1. The average molecular weight is 580 g/mol. The van der Waals surface area contributed by atoms with Gasteiger partial charge in [-0.1, -0.05) is 45.0 Å². The molecule has 1 N–H and O–H groups in total. The molecular formula is C32H45N3O5Si. The number of nitrogens with one attached hydrogen (secondary N) is 1. The van der Waals surface area contributed by atoms with Crippen molar-refractivity contribution >= 4 is 14.4 Å². The second kappa shape index (κ2) is 11.5. The first-order chi connectivity index (χ1) is 19.1. The minimum Gasteiger partial charge on any atom is -0.497 e. The number of likely N-dealkylation sites (tertiary alicyclic amines) is 1. The van der Waals surface area contributed by atoms with E-state index in [0.717, 1.165) is 34.0 Å². The number of aromatic nitrogens is 2. The molecule has 1 fully saturated rings. The van der Waals surface area contributed by atoms with Gasteiger partial charge in [0, 0.05) is 24.1 Å². The van der Waals surface area contributed by atoms with Crippen LogP contribution in [0.5, 0.6) is 11.5 Å². The maximum Gasteiger partial charge on any atom is 0.411 e. The summed E-state index contributed by atoms with van der Waals surface area (Å²) in [4.78, 5) is 24.0. The summed E-state index contributed by atoms with van der Waals surface area (Å²) in [5.74, 6) is 2.17. The van der Waals surface area contributed by atoms with Crippen molar-refractivity contribution < 1.29 is 23.4 Å². The fourth-order valence-electron chi connectivity index (χ4n) is 4.77. The van der Waals surface area contributed by atoms with E-state index >= 15 is 0 Å². The molecular weight excluding hydrogens is 534 g/mol. The fourth-order valence-corrected chi connectivity index (χ4v) is 6.13. The SMILES string of the molecule is COc1cccc(-c2nc([C@@H]3C[C@@H](O[Si](C)(C)C(C)(C)C)CN3C(=O)OC(C)(C)C)[nH]c2-c2cccc(OC)c2)c1. The Morgan fingerprint density at radius 3 is 2.10 bits per heavy atom. The summed E-state index contributed by atoms with van der Waals surface area (Å²) in [7, 11) is 1.22. The highest BCUT2D eigenvalue weighted by Crippen LogP contribution is 2.43. The van der Waals surface area contributed by atoms with Crippen molar-refractivity contribution in [1.82, 2.24) is 14.9 Å². The average Bonchev–Trinajstić information content (AvgIpc) is 3.52. The lowest BCUT2D eigenvalue weighted by Gasteiger charge is -2.38. The Morgan fingerprint density at radius 1 is 0.951 bits per heavy atom. The monoisotopic (exact) mass is 579 g/mol. The third kappa shape index (κ3) is 6.96. The third-order valence-corrected chi connectivity index (χ3v) is 12.4. The number of ether oxygens (including phenoxy) is 3. The van der Waals surface area contributed by atoms with E-state index in [1.165, 1.54) is 0 Å². The molecule has 1 aliphatic heterocycles. The predicted octanol–water partition coefficient (Wildman–Crippen LogP) is 7.83. The van der Waals surface area contributed by atoms with E-state index in [2.05, 4.69) is 38.8 Å². The van der Waals surface area contributed by atoms with Crippen molar-refractivity contribution in [1.29, 1.82) is 0 Å². The van der Waals surface area contributed by atoms with Gasteiger partial charge in [0.1, 0.15) is 22.9 Å². The van der Waals surface area contributed by atoms with Crippen molar-refractivity contribution in [3.8, 4) is 34.0 Å². The summed E-state index contributed by atoms with van der Waals surface area (Å²) in [6.07, 6.45) is 0.124. The van der Waals surface area contributed by atoms with Gasteiger partial charge >= 0.3 is 6.09 Å². The number of imidazole rings is 1. The molecule has 3 aromatic rings. The zero-order chi connectivity index (χ0) is 30.2. The van der Waals surface area contributed by atoms with Crippen LogP contribution < -0.4 is 9.47 Å². The second-order valence-corrected chi connectivity index (χ2v) is 18.0. The Balaban J connectivity index is 1.80. The summed E-state index contributed by atoms with van der Waals surface area (Å²) in [6, 6.07) is 15.4. The Labute approximate surface area is 245 Å². The Hall–Kier alpha value is -3.30. The van der Waals surface area contributed by atoms with Gasteiger partial charge in [0.15, 0.2) is 8.32 Å². The summed E-state index contributed by atoms with van der Waals surface area (Å²) in [5, 5.41) is 0.0472. The van der Waals surface area contributed by atoms with Crippen LogP contribution in [0, 0.1) is 0 Å². The minimum absolute atomic E-state index is 0.0472. The molecule has 0 saturated carbocycles. The topological polar surface area (TPSA) is 85.9 Å². The van der Waals surface area contributed by atoms with Gasteiger partial charge in [-0.15, -0.1) is 0 Å².